The van der Waals surface area contributed by atoms with Gasteiger partial charge in [-0.2, -0.15) is 0 Å². The first kappa shape index (κ1) is 13.9. The SMILES string of the molecule is Cc1ccc(NC(=O)N[C@H](CN)C(=O)NO)cc1. The Morgan fingerprint density at radius 2 is 1.94 bits per heavy atom. The molecule has 1 aromatic carbocycles. The molecule has 0 aromatic heterocycles. The number of hydrogen-bond donors (Lipinski definition) is 5. The van der Waals surface area contributed by atoms with E-state index in [0.717, 1.165) is 5.56 Å². The van der Waals surface area contributed by atoms with Crippen LogP contribution in [0.2, 0.25) is 0 Å². The zero-order chi connectivity index (χ0) is 13.5. The summed E-state index contributed by atoms with van der Waals surface area (Å²) in [5, 5.41) is 13.3. The van der Waals surface area contributed by atoms with Gasteiger partial charge in [0.2, 0.25) is 0 Å². The minimum Gasteiger partial charge on any atom is -0.328 e. The molecule has 0 aliphatic rings. The molecule has 0 unspecified atom stereocenters. The summed E-state index contributed by atoms with van der Waals surface area (Å²) < 4.78 is 0. The molecule has 0 spiro atoms. The monoisotopic (exact) mass is 252 g/mol. The van der Waals surface area contributed by atoms with Crippen LogP contribution in [0.3, 0.4) is 0 Å². The molecule has 0 saturated carbocycles. The maximum atomic E-state index is 11.5. The molecule has 0 aliphatic carbocycles. The number of benzene rings is 1. The molecule has 0 saturated heterocycles. The van der Waals surface area contributed by atoms with Gasteiger partial charge in [0.15, 0.2) is 0 Å². The quantitative estimate of drug-likeness (QED) is 0.381. The number of nitrogens with one attached hydrogen (secondary N) is 3. The number of anilines is 1. The number of hydroxylamine groups is 1. The smallest absolute Gasteiger partial charge is 0.319 e. The Morgan fingerprint density at radius 3 is 2.44 bits per heavy atom. The van der Waals surface area contributed by atoms with Gasteiger partial charge in [-0.15, -0.1) is 0 Å². The molecule has 1 rings (SSSR count). The van der Waals surface area contributed by atoms with Crippen molar-refractivity contribution in [3.8, 4) is 0 Å². The lowest BCUT2D eigenvalue weighted by molar-refractivity contribution is -0.130. The number of aryl methyl sites for hydroxylation is 1. The van der Waals surface area contributed by atoms with Gasteiger partial charge >= 0.3 is 6.03 Å². The van der Waals surface area contributed by atoms with Crippen LogP contribution in [0.25, 0.3) is 0 Å². The van der Waals surface area contributed by atoms with Crippen LogP contribution < -0.4 is 21.8 Å². The van der Waals surface area contributed by atoms with Crippen LogP contribution >= 0.6 is 0 Å². The third kappa shape index (κ3) is 4.04. The average Bonchev–Trinajstić information content (AvgIpc) is 2.37. The van der Waals surface area contributed by atoms with Gasteiger partial charge in [0.25, 0.3) is 5.91 Å². The highest BCUT2D eigenvalue weighted by molar-refractivity contribution is 5.93. The Bertz CT molecular complexity index is 419. The van der Waals surface area contributed by atoms with E-state index in [4.69, 9.17) is 10.9 Å². The van der Waals surface area contributed by atoms with Gasteiger partial charge < -0.3 is 16.4 Å². The van der Waals surface area contributed by atoms with Crippen molar-refractivity contribution in [2.45, 2.75) is 13.0 Å². The lowest BCUT2D eigenvalue weighted by atomic mass is 10.2. The Hall–Kier alpha value is -2.12. The Kier molecular flexibility index (Phi) is 5.09. The minimum absolute atomic E-state index is 0.117. The maximum absolute atomic E-state index is 11.5. The van der Waals surface area contributed by atoms with Crippen molar-refractivity contribution >= 4 is 17.6 Å². The summed E-state index contributed by atoms with van der Waals surface area (Å²) in [6.45, 7) is 1.81. The number of hydrogen-bond acceptors (Lipinski definition) is 4. The van der Waals surface area contributed by atoms with Gasteiger partial charge in [0.1, 0.15) is 6.04 Å². The van der Waals surface area contributed by atoms with Crippen molar-refractivity contribution in [3.05, 3.63) is 29.8 Å². The van der Waals surface area contributed by atoms with E-state index < -0.39 is 18.0 Å². The summed E-state index contributed by atoms with van der Waals surface area (Å²) in [6, 6.07) is 5.60. The molecule has 0 aliphatic heterocycles. The number of urea groups is 1. The number of amides is 3. The zero-order valence-electron chi connectivity index (χ0n) is 9.93. The third-order valence-corrected chi connectivity index (χ3v) is 2.28. The predicted octanol–water partition coefficient (Wildman–Crippen LogP) is -0.0508. The van der Waals surface area contributed by atoms with E-state index in [1.807, 2.05) is 19.1 Å². The van der Waals surface area contributed by atoms with E-state index in [2.05, 4.69) is 10.6 Å². The maximum Gasteiger partial charge on any atom is 0.319 e. The second-order valence-electron chi connectivity index (χ2n) is 3.73. The molecule has 7 nitrogen and oxygen atoms in total. The summed E-state index contributed by atoms with van der Waals surface area (Å²) in [6.07, 6.45) is 0. The van der Waals surface area contributed by atoms with Crippen molar-refractivity contribution in [1.82, 2.24) is 10.8 Å². The predicted molar refractivity (Wildman–Crippen MR) is 66.1 cm³/mol. The van der Waals surface area contributed by atoms with Crippen molar-refractivity contribution in [1.29, 1.82) is 0 Å². The van der Waals surface area contributed by atoms with Gasteiger partial charge in [0.05, 0.1) is 0 Å². The number of carbonyl (C=O) groups excluding carboxylic acids is 2. The lowest BCUT2D eigenvalue weighted by Gasteiger charge is -2.15. The molecule has 1 atom stereocenters. The summed E-state index contributed by atoms with van der Waals surface area (Å²) >= 11 is 0. The first-order valence-corrected chi connectivity index (χ1v) is 5.35. The molecule has 0 heterocycles. The summed E-state index contributed by atoms with van der Waals surface area (Å²) in [7, 11) is 0. The Balaban J connectivity index is 2.55. The number of nitrogens with two attached hydrogens (primary N) is 1. The van der Waals surface area contributed by atoms with Gasteiger partial charge in [0, 0.05) is 12.2 Å². The summed E-state index contributed by atoms with van der Waals surface area (Å²) in [5.41, 5.74) is 8.39. The highest BCUT2D eigenvalue weighted by Crippen LogP contribution is 2.08. The van der Waals surface area contributed by atoms with E-state index in [9.17, 15) is 9.59 Å². The van der Waals surface area contributed by atoms with Crippen LogP contribution in [0.5, 0.6) is 0 Å². The Morgan fingerprint density at radius 1 is 1.33 bits per heavy atom. The normalized spacial score (nSPS) is 11.5. The van der Waals surface area contributed by atoms with E-state index in [1.54, 1.807) is 12.1 Å². The Labute approximate surface area is 104 Å². The largest absolute Gasteiger partial charge is 0.328 e. The fraction of sp³-hybridized carbons (Fsp3) is 0.273. The van der Waals surface area contributed by atoms with Crippen molar-refractivity contribution in [2.24, 2.45) is 5.73 Å². The molecule has 7 heteroatoms. The van der Waals surface area contributed by atoms with Crippen LogP contribution in [0.1, 0.15) is 5.56 Å². The highest BCUT2D eigenvalue weighted by Gasteiger charge is 2.18. The molecule has 0 radical (unpaired) electrons. The molecule has 0 fully saturated rings. The zero-order valence-corrected chi connectivity index (χ0v) is 9.93. The number of rotatable bonds is 4. The minimum atomic E-state index is -0.986. The second kappa shape index (κ2) is 6.58. The summed E-state index contributed by atoms with van der Waals surface area (Å²) in [5.74, 6) is -0.767. The summed E-state index contributed by atoms with van der Waals surface area (Å²) in [4.78, 5) is 22.6. The topological polar surface area (TPSA) is 116 Å². The molecule has 1 aromatic rings. The molecule has 0 bridgehead atoms. The average molecular weight is 252 g/mol. The molecule has 98 valence electrons. The first-order chi connectivity index (χ1) is 8.56. The van der Waals surface area contributed by atoms with Gasteiger partial charge in [-0.1, -0.05) is 17.7 Å². The third-order valence-electron chi connectivity index (χ3n) is 2.28. The lowest BCUT2D eigenvalue weighted by Crippen LogP contribution is -2.51. The van der Waals surface area contributed by atoms with Crippen molar-refractivity contribution in [2.75, 3.05) is 11.9 Å². The number of carbonyl (C=O) groups is 2. The van der Waals surface area contributed by atoms with Crippen molar-refractivity contribution in [3.63, 3.8) is 0 Å². The van der Waals surface area contributed by atoms with Gasteiger partial charge in [-0.3, -0.25) is 10.0 Å². The fourth-order valence-corrected chi connectivity index (χ4v) is 1.27. The standard InChI is InChI=1S/C11H16N4O3/c1-7-2-4-8(5-3-7)13-11(17)14-9(6-12)10(16)15-18/h2-5,9,18H,6,12H2,1H3,(H,15,16)(H2,13,14,17)/t9-/m1/s1. The van der Waals surface area contributed by atoms with E-state index in [-0.39, 0.29) is 6.54 Å². The van der Waals surface area contributed by atoms with Crippen LogP contribution in [-0.4, -0.2) is 29.7 Å². The molecule has 3 amide bonds. The van der Waals surface area contributed by atoms with E-state index in [1.165, 1.54) is 5.48 Å². The van der Waals surface area contributed by atoms with E-state index in [0.29, 0.717) is 5.69 Å². The van der Waals surface area contributed by atoms with Crippen LogP contribution in [0.4, 0.5) is 10.5 Å². The van der Waals surface area contributed by atoms with Gasteiger partial charge in [-0.05, 0) is 19.1 Å². The molecular weight excluding hydrogens is 236 g/mol. The van der Waals surface area contributed by atoms with Crippen LogP contribution in [0, 0.1) is 6.92 Å². The van der Waals surface area contributed by atoms with Crippen LogP contribution in [0.15, 0.2) is 24.3 Å². The van der Waals surface area contributed by atoms with Crippen LogP contribution in [-0.2, 0) is 4.79 Å². The molecule has 6 N–H and O–H groups in total. The van der Waals surface area contributed by atoms with E-state index >= 15 is 0 Å². The second-order valence-corrected chi connectivity index (χ2v) is 3.73. The first-order valence-electron chi connectivity index (χ1n) is 5.35. The molecular formula is C11H16N4O3. The molecule has 18 heavy (non-hydrogen) atoms. The highest BCUT2D eigenvalue weighted by atomic mass is 16.5. The fourth-order valence-electron chi connectivity index (χ4n) is 1.27. The van der Waals surface area contributed by atoms with Gasteiger partial charge in [-0.25, -0.2) is 10.3 Å². The van der Waals surface area contributed by atoms with Crippen molar-refractivity contribution < 1.29 is 14.8 Å².